The topological polar surface area (TPSA) is 32.7 Å². The molecule has 0 aromatic heterocycles. The first-order chi connectivity index (χ1) is 7.17. The van der Waals surface area contributed by atoms with Gasteiger partial charge in [0, 0.05) is 24.7 Å². The smallest absolute Gasteiger partial charge is 0.0820 e. The summed E-state index contributed by atoms with van der Waals surface area (Å²) >= 11 is 0. The van der Waals surface area contributed by atoms with E-state index < -0.39 is 0 Å². The third-order valence-corrected chi connectivity index (χ3v) is 3.31. The highest BCUT2D eigenvalue weighted by Gasteiger charge is 2.36. The van der Waals surface area contributed by atoms with Crippen molar-refractivity contribution in [1.29, 1.82) is 0 Å². The van der Waals surface area contributed by atoms with Gasteiger partial charge in [0.25, 0.3) is 0 Å². The van der Waals surface area contributed by atoms with E-state index in [9.17, 15) is 4.91 Å². The van der Waals surface area contributed by atoms with Crippen molar-refractivity contribution < 1.29 is 0 Å². The van der Waals surface area contributed by atoms with Gasteiger partial charge >= 0.3 is 0 Å². The van der Waals surface area contributed by atoms with E-state index in [0.717, 1.165) is 13.0 Å². The average Bonchev–Trinajstić information content (AvgIpc) is 2.50. The minimum Gasteiger partial charge on any atom is -0.373 e. The summed E-state index contributed by atoms with van der Waals surface area (Å²) in [5.41, 5.74) is 2.71. The fraction of sp³-hybridized carbons (Fsp3) is 0.500. The fourth-order valence-electron chi connectivity index (χ4n) is 2.52. The number of fused-ring (bicyclic) bond motifs is 1. The molecule has 0 radical (unpaired) electrons. The van der Waals surface area contributed by atoms with Crippen molar-refractivity contribution in [3.8, 4) is 0 Å². The van der Waals surface area contributed by atoms with Gasteiger partial charge in [-0.3, -0.25) is 0 Å². The summed E-state index contributed by atoms with van der Waals surface area (Å²) in [6, 6.07) is 8.40. The Morgan fingerprint density at radius 3 is 2.93 bits per heavy atom. The van der Waals surface area contributed by atoms with E-state index in [4.69, 9.17) is 0 Å². The Balaban J connectivity index is 2.34. The number of hydrogen-bond acceptors (Lipinski definition) is 3. The second kappa shape index (κ2) is 3.65. The Morgan fingerprint density at radius 2 is 2.20 bits per heavy atom. The summed E-state index contributed by atoms with van der Waals surface area (Å²) in [7, 11) is 2.10. The van der Waals surface area contributed by atoms with Gasteiger partial charge in [-0.25, -0.2) is 0 Å². The van der Waals surface area contributed by atoms with Crippen LogP contribution in [-0.4, -0.2) is 20.1 Å². The number of nitrogens with zero attached hydrogens (tertiary/aromatic N) is 2. The molecule has 0 aliphatic carbocycles. The van der Waals surface area contributed by atoms with Gasteiger partial charge in [-0.2, -0.15) is 4.91 Å². The zero-order valence-electron chi connectivity index (χ0n) is 9.23. The van der Waals surface area contributed by atoms with Crippen molar-refractivity contribution >= 4 is 5.69 Å². The summed E-state index contributed by atoms with van der Waals surface area (Å²) in [4.78, 5) is 12.5. The molecule has 0 saturated carbocycles. The van der Waals surface area contributed by atoms with E-state index in [-0.39, 0.29) is 5.41 Å². The Bertz CT molecular complexity index is 378. The predicted molar refractivity (Wildman–Crippen MR) is 62.3 cm³/mol. The quantitative estimate of drug-likeness (QED) is 0.709. The van der Waals surface area contributed by atoms with Crippen molar-refractivity contribution in [3.63, 3.8) is 0 Å². The summed E-state index contributed by atoms with van der Waals surface area (Å²) in [6.45, 7) is 3.58. The average molecular weight is 204 g/mol. The first kappa shape index (κ1) is 10.1. The van der Waals surface area contributed by atoms with Crippen LogP contribution in [0.5, 0.6) is 0 Å². The van der Waals surface area contributed by atoms with Crippen LogP contribution in [0.4, 0.5) is 5.69 Å². The SMILES string of the molecule is CN1CC(C)(CCN=O)c2ccccc21. The van der Waals surface area contributed by atoms with Crippen LogP contribution in [0.2, 0.25) is 0 Å². The fourth-order valence-corrected chi connectivity index (χ4v) is 2.52. The summed E-state index contributed by atoms with van der Waals surface area (Å²) in [5.74, 6) is 0. The van der Waals surface area contributed by atoms with Gasteiger partial charge in [-0.1, -0.05) is 30.3 Å². The second-order valence-corrected chi connectivity index (χ2v) is 4.54. The van der Waals surface area contributed by atoms with Crippen LogP contribution in [-0.2, 0) is 5.41 Å². The molecule has 0 spiro atoms. The number of nitroso groups, excluding NO2 is 1. The van der Waals surface area contributed by atoms with Crippen molar-refractivity contribution in [3.05, 3.63) is 34.7 Å². The van der Waals surface area contributed by atoms with Crippen LogP contribution in [0.25, 0.3) is 0 Å². The van der Waals surface area contributed by atoms with E-state index in [2.05, 4.69) is 48.3 Å². The molecule has 1 heterocycles. The second-order valence-electron chi connectivity index (χ2n) is 4.54. The van der Waals surface area contributed by atoms with Crippen LogP contribution >= 0.6 is 0 Å². The van der Waals surface area contributed by atoms with Gasteiger partial charge in [0.15, 0.2) is 0 Å². The van der Waals surface area contributed by atoms with Crippen LogP contribution in [0.1, 0.15) is 18.9 Å². The van der Waals surface area contributed by atoms with Crippen molar-refractivity contribution in [2.24, 2.45) is 5.18 Å². The van der Waals surface area contributed by atoms with E-state index in [1.807, 2.05) is 0 Å². The van der Waals surface area contributed by atoms with E-state index in [1.165, 1.54) is 11.3 Å². The molecule has 1 atom stereocenters. The molecule has 0 amide bonds. The van der Waals surface area contributed by atoms with Gasteiger partial charge < -0.3 is 4.90 Å². The number of benzene rings is 1. The molecular weight excluding hydrogens is 188 g/mol. The lowest BCUT2D eigenvalue weighted by atomic mass is 9.81. The van der Waals surface area contributed by atoms with E-state index in [0.29, 0.717) is 6.54 Å². The Hall–Kier alpha value is -1.38. The molecule has 1 aliphatic heterocycles. The third-order valence-electron chi connectivity index (χ3n) is 3.31. The molecular formula is C12H16N2O. The normalized spacial score (nSPS) is 24.0. The van der Waals surface area contributed by atoms with E-state index >= 15 is 0 Å². The molecule has 0 saturated heterocycles. The molecule has 15 heavy (non-hydrogen) atoms. The third kappa shape index (κ3) is 1.62. The molecule has 80 valence electrons. The van der Waals surface area contributed by atoms with Crippen LogP contribution in [0.3, 0.4) is 0 Å². The van der Waals surface area contributed by atoms with Crippen LogP contribution < -0.4 is 4.90 Å². The first-order valence-electron chi connectivity index (χ1n) is 5.27. The lowest BCUT2D eigenvalue weighted by Crippen LogP contribution is -2.29. The van der Waals surface area contributed by atoms with Gasteiger partial charge in [0.2, 0.25) is 0 Å². The highest BCUT2D eigenvalue weighted by Crippen LogP contribution is 2.41. The monoisotopic (exact) mass is 204 g/mol. The summed E-state index contributed by atoms with van der Waals surface area (Å²) in [6.07, 6.45) is 0.831. The molecule has 0 N–H and O–H groups in total. The first-order valence-corrected chi connectivity index (χ1v) is 5.27. The maximum atomic E-state index is 10.2. The Morgan fingerprint density at radius 1 is 1.47 bits per heavy atom. The van der Waals surface area contributed by atoms with Gasteiger partial charge in [0.1, 0.15) is 0 Å². The lowest BCUT2D eigenvalue weighted by molar-refractivity contribution is 0.471. The molecule has 2 rings (SSSR count). The molecule has 0 fully saturated rings. The number of rotatable bonds is 3. The number of anilines is 1. The Kier molecular flexibility index (Phi) is 2.47. The highest BCUT2D eigenvalue weighted by molar-refractivity contribution is 5.61. The van der Waals surface area contributed by atoms with Gasteiger partial charge in [0.05, 0.1) is 6.54 Å². The maximum absolute atomic E-state index is 10.2. The number of hydrogen-bond donors (Lipinski definition) is 0. The zero-order chi connectivity index (χ0) is 10.9. The molecule has 3 heteroatoms. The molecule has 1 unspecified atom stereocenters. The molecule has 1 aliphatic rings. The lowest BCUT2D eigenvalue weighted by Gasteiger charge is -2.23. The number of para-hydroxylation sites is 1. The number of likely N-dealkylation sites (N-methyl/N-ethyl adjacent to an activating group) is 1. The molecule has 1 aromatic rings. The van der Waals surface area contributed by atoms with Crippen molar-refractivity contribution in [1.82, 2.24) is 0 Å². The molecule has 1 aromatic carbocycles. The zero-order valence-corrected chi connectivity index (χ0v) is 9.23. The molecule has 3 nitrogen and oxygen atoms in total. The van der Waals surface area contributed by atoms with Crippen molar-refractivity contribution in [2.75, 3.05) is 25.0 Å². The largest absolute Gasteiger partial charge is 0.373 e. The highest BCUT2D eigenvalue weighted by atomic mass is 16.3. The van der Waals surface area contributed by atoms with Crippen LogP contribution in [0.15, 0.2) is 29.4 Å². The minimum absolute atomic E-state index is 0.0826. The predicted octanol–water partition coefficient (Wildman–Crippen LogP) is 2.55. The van der Waals surface area contributed by atoms with Crippen molar-refractivity contribution in [2.45, 2.75) is 18.8 Å². The standard InChI is InChI=1S/C12H16N2O/c1-12(7-8-13-15)9-14(2)11-6-4-3-5-10(11)12/h3-6H,7-9H2,1-2H3. The van der Waals surface area contributed by atoms with Crippen LogP contribution in [0, 0.1) is 4.91 Å². The van der Waals surface area contributed by atoms with E-state index in [1.54, 1.807) is 0 Å². The summed E-state index contributed by atoms with van der Waals surface area (Å²) in [5, 5.41) is 2.97. The van der Waals surface area contributed by atoms with Gasteiger partial charge in [-0.15, -0.1) is 0 Å². The van der Waals surface area contributed by atoms with Gasteiger partial charge in [-0.05, 0) is 18.1 Å². The maximum Gasteiger partial charge on any atom is 0.0820 e. The molecule has 0 bridgehead atoms. The Labute approximate surface area is 90.1 Å². The summed E-state index contributed by atoms with van der Waals surface area (Å²) < 4.78 is 0. The minimum atomic E-state index is 0.0826.